The molecule has 0 aliphatic carbocycles. The predicted molar refractivity (Wildman–Crippen MR) is 90.2 cm³/mol. The first-order valence-corrected chi connectivity index (χ1v) is 7.89. The van der Waals surface area contributed by atoms with Crippen LogP contribution in [0.5, 0.6) is 0 Å². The summed E-state index contributed by atoms with van der Waals surface area (Å²) in [7, 11) is 1.21. The van der Waals surface area contributed by atoms with Crippen LogP contribution in [0.1, 0.15) is 35.7 Å². The van der Waals surface area contributed by atoms with E-state index in [-0.39, 0.29) is 30.0 Å². The van der Waals surface area contributed by atoms with Gasteiger partial charge in [0, 0.05) is 17.7 Å². The summed E-state index contributed by atoms with van der Waals surface area (Å²) >= 11 is 0. The van der Waals surface area contributed by atoms with Gasteiger partial charge in [0.25, 0.3) is 0 Å². The molecule has 0 bridgehead atoms. The molecule has 0 N–H and O–H groups in total. The second-order valence-corrected chi connectivity index (χ2v) is 5.51. The SMILES string of the molecule is CCCC(=O)N(Cc1ccc(C(=O)OC)cc1F)c1cccc(F)c1. The number of esters is 1. The van der Waals surface area contributed by atoms with Crippen LogP contribution in [-0.4, -0.2) is 19.0 Å². The van der Waals surface area contributed by atoms with Gasteiger partial charge in [-0.2, -0.15) is 0 Å². The number of hydrogen-bond donors (Lipinski definition) is 0. The average molecular weight is 347 g/mol. The lowest BCUT2D eigenvalue weighted by atomic mass is 10.1. The Bertz CT molecular complexity index is 777. The molecule has 25 heavy (non-hydrogen) atoms. The minimum atomic E-state index is -0.644. The maximum absolute atomic E-state index is 14.3. The molecule has 0 saturated heterocycles. The van der Waals surface area contributed by atoms with Gasteiger partial charge in [-0.25, -0.2) is 13.6 Å². The van der Waals surface area contributed by atoms with Crippen molar-refractivity contribution in [3.63, 3.8) is 0 Å². The van der Waals surface area contributed by atoms with Gasteiger partial charge >= 0.3 is 5.97 Å². The number of hydrogen-bond acceptors (Lipinski definition) is 3. The third kappa shape index (κ3) is 4.62. The van der Waals surface area contributed by atoms with Gasteiger partial charge in [-0.1, -0.05) is 19.1 Å². The Kier molecular flexibility index (Phi) is 6.22. The summed E-state index contributed by atoms with van der Waals surface area (Å²) in [6.07, 6.45) is 0.882. The molecule has 2 rings (SSSR count). The lowest BCUT2D eigenvalue weighted by molar-refractivity contribution is -0.118. The molecule has 0 aromatic heterocycles. The highest BCUT2D eigenvalue weighted by atomic mass is 19.1. The Labute approximate surface area is 145 Å². The quantitative estimate of drug-likeness (QED) is 0.740. The molecular formula is C19H19F2NO3. The fourth-order valence-electron chi connectivity index (χ4n) is 2.41. The van der Waals surface area contributed by atoms with Crippen LogP contribution >= 0.6 is 0 Å². The standard InChI is InChI=1S/C19H19F2NO3/c1-3-5-18(23)22(16-7-4-6-15(20)11-16)12-14-9-8-13(10-17(14)21)19(24)25-2/h4,6-11H,3,5,12H2,1-2H3. The summed E-state index contributed by atoms with van der Waals surface area (Å²) < 4.78 is 32.4. The minimum absolute atomic E-state index is 0.0599. The van der Waals surface area contributed by atoms with Gasteiger partial charge in [-0.3, -0.25) is 4.79 Å². The first-order valence-electron chi connectivity index (χ1n) is 7.89. The second-order valence-electron chi connectivity index (χ2n) is 5.51. The monoisotopic (exact) mass is 347 g/mol. The third-order valence-electron chi connectivity index (χ3n) is 3.69. The molecule has 2 aromatic carbocycles. The number of carbonyl (C=O) groups is 2. The van der Waals surface area contributed by atoms with Crippen LogP contribution in [0, 0.1) is 11.6 Å². The van der Waals surface area contributed by atoms with E-state index in [1.54, 1.807) is 6.07 Å². The van der Waals surface area contributed by atoms with Crippen molar-refractivity contribution in [1.82, 2.24) is 0 Å². The van der Waals surface area contributed by atoms with Crippen LogP contribution in [0.2, 0.25) is 0 Å². The number of ether oxygens (including phenoxy) is 1. The van der Waals surface area contributed by atoms with E-state index in [4.69, 9.17) is 0 Å². The van der Waals surface area contributed by atoms with E-state index >= 15 is 0 Å². The topological polar surface area (TPSA) is 46.6 Å². The fraction of sp³-hybridized carbons (Fsp3) is 0.263. The lowest BCUT2D eigenvalue weighted by Gasteiger charge is -2.23. The third-order valence-corrected chi connectivity index (χ3v) is 3.69. The van der Waals surface area contributed by atoms with Crippen molar-refractivity contribution >= 4 is 17.6 Å². The fourth-order valence-corrected chi connectivity index (χ4v) is 2.41. The Hall–Kier alpha value is -2.76. The summed E-state index contributed by atoms with van der Waals surface area (Å²) in [4.78, 5) is 25.2. The number of methoxy groups -OCH3 is 1. The van der Waals surface area contributed by atoms with Crippen LogP contribution in [-0.2, 0) is 16.1 Å². The molecule has 0 aliphatic heterocycles. The molecule has 0 atom stereocenters. The molecule has 0 aliphatic rings. The number of halogens is 2. The van der Waals surface area contributed by atoms with Crippen LogP contribution in [0.4, 0.5) is 14.5 Å². The summed E-state index contributed by atoms with van der Waals surface area (Å²) in [5.74, 6) is -1.99. The molecule has 0 radical (unpaired) electrons. The molecule has 0 fully saturated rings. The molecule has 0 unspecified atom stereocenters. The summed E-state index contributed by atoms with van der Waals surface area (Å²) in [6.45, 7) is 1.79. The van der Waals surface area contributed by atoms with Crippen molar-refractivity contribution in [3.8, 4) is 0 Å². The van der Waals surface area contributed by atoms with Gasteiger partial charge in [0.2, 0.25) is 5.91 Å². The smallest absolute Gasteiger partial charge is 0.337 e. The van der Waals surface area contributed by atoms with Crippen molar-refractivity contribution in [2.24, 2.45) is 0 Å². The zero-order chi connectivity index (χ0) is 18.4. The van der Waals surface area contributed by atoms with E-state index in [9.17, 15) is 18.4 Å². The highest BCUT2D eigenvalue weighted by Gasteiger charge is 2.19. The normalized spacial score (nSPS) is 10.4. The van der Waals surface area contributed by atoms with E-state index in [0.717, 1.165) is 6.07 Å². The number of amides is 1. The van der Waals surface area contributed by atoms with Gasteiger partial charge in [0.15, 0.2) is 0 Å². The summed E-state index contributed by atoms with van der Waals surface area (Å²) in [5, 5.41) is 0. The Morgan fingerprint density at radius 2 is 1.88 bits per heavy atom. The van der Waals surface area contributed by atoms with Crippen LogP contribution in [0.15, 0.2) is 42.5 Å². The van der Waals surface area contributed by atoms with Crippen molar-refractivity contribution in [1.29, 1.82) is 0 Å². The first-order chi connectivity index (χ1) is 12.0. The maximum Gasteiger partial charge on any atom is 0.337 e. The molecule has 0 heterocycles. The van der Waals surface area contributed by atoms with Gasteiger partial charge < -0.3 is 9.64 Å². The summed E-state index contributed by atoms with van der Waals surface area (Å²) in [6, 6.07) is 9.51. The van der Waals surface area contributed by atoms with Crippen molar-refractivity contribution < 1.29 is 23.1 Å². The number of carbonyl (C=O) groups excluding carboxylic acids is 2. The minimum Gasteiger partial charge on any atom is -0.465 e. The Morgan fingerprint density at radius 3 is 2.48 bits per heavy atom. The van der Waals surface area contributed by atoms with Crippen LogP contribution in [0.25, 0.3) is 0 Å². The Balaban J connectivity index is 2.33. The lowest BCUT2D eigenvalue weighted by Crippen LogP contribution is -2.30. The van der Waals surface area contributed by atoms with Crippen molar-refractivity contribution in [2.75, 3.05) is 12.0 Å². The maximum atomic E-state index is 14.3. The van der Waals surface area contributed by atoms with Crippen molar-refractivity contribution in [2.45, 2.75) is 26.3 Å². The molecule has 132 valence electrons. The number of benzene rings is 2. The molecule has 0 spiro atoms. The van der Waals surface area contributed by atoms with E-state index in [2.05, 4.69) is 4.74 Å². The molecule has 0 saturated carbocycles. The van der Waals surface area contributed by atoms with Gasteiger partial charge in [-0.05, 0) is 36.8 Å². The first kappa shape index (κ1) is 18.6. The number of rotatable bonds is 6. The number of nitrogens with zero attached hydrogens (tertiary/aromatic N) is 1. The van der Waals surface area contributed by atoms with E-state index in [0.29, 0.717) is 12.1 Å². The van der Waals surface area contributed by atoms with E-state index < -0.39 is 17.6 Å². The van der Waals surface area contributed by atoms with E-state index in [1.807, 2.05) is 6.92 Å². The molecule has 2 aromatic rings. The van der Waals surface area contributed by atoms with Crippen LogP contribution < -0.4 is 4.90 Å². The predicted octanol–water partition coefficient (Wildman–Crippen LogP) is 4.08. The molecular weight excluding hydrogens is 328 g/mol. The highest BCUT2D eigenvalue weighted by molar-refractivity contribution is 5.93. The largest absolute Gasteiger partial charge is 0.465 e. The zero-order valence-electron chi connectivity index (χ0n) is 14.1. The van der Waals surface area contributed by atoms with Crippen LogP contribution in [0.3, 0.4) is 0 Å². The van der Waals surface area contributed by atoms with E-state index in [1.165, 1.54) is 42.3 Å². The molecule has 4 nitrogen and oxygen atoms in total. The highest BCUT2D eigenvalue weighted by Crippen LogP contribution is 2.22. The average Bonchev–Trinajstić information content (AvgIpc) is 2.60. The number of anilines is 1. The Morgan fingerprint density at radius 1 is 1.12 bits per heavy atom. The molecule has 6 heteroatoms. The van der Waals surface area contributed by atoms with Gasteiger partial charge in [0.05, 0.1) is 19.2 Å². The zero-order valence-corrected chi connectivity index (χ0v) is 14.1. The van der Waals surface area contributed by atoms with Crippen molar-refractivity contribution in [3.05, 3.63) is 65.2 Å². The summed E-state index contributed by atoms with van der Waals surface area (Å²) in [5.41, 5.74) is 0.664. The second kappa shape index (κ2) is 8.37. The van der Waals surface area contributed by atoms with Gasteiger partial charge in [0.1, 0.15) is 11.6 Å². The molecule has 1 amide bonds. The van der Waals surface area contributed by atoms with Gasteiger partial charge in [-0.15, -0.1) is 0 Å².